The maximum atomic E-state index is 3.60. The zero-order valence-electron chi connectivity index (χ0n) is 10.0. The molecular weight excluding hydrogens is 214 g/mol. The minimum atomic E-state index is 0.753. The van der Waals surface area contributed by atoms with Crippen molar-refractivity contribution in [2.24, 2.45) is 0 Å². The lowest BCUT2D eigenvalue weighted by molar-refractivity contribution is 0.430. The van der Waals surface area contributed by atoms with Gasteiger partial charge in [0.15, 0.2) is 0 Å². The van der Waals surface area contributed by atoms with E-state index in [0.717, 1.165) is 11.8 Å². The molecule has 0 bridgehead atoms. The van der Waals surface area contributed by atoms with Gasteiger partial charge in [0.25, 0.3) is 0 Å². The van der Waals surface area contributed by atoms with Crippen molar-refractivity contribution >= 4 is 11.8 Å². The molecule has 1 unspecified atom stereocenters. The lowest BCUT2D eigenvalue weighted by atomic mass is 10.1. The fraction of sp³-hybridized carbons (Fsp3) is 0.571. The molecule has 1 nitrogen and oxygen atoms in total. The fourth-order valence-electron chi connectivity index (χ4n) is 2.19. The highest BCUT2D eigenvalue weighted by atomic mass is 32.2. The van der Waals surface area contributed by atoms with Crippen molar-refractivity contribution in [1.82, 2.24) is 5.32 Å². The number of nitrogens with one attached hydrogen (secondary N) is 1. The molecule has 0 amide bonds. The van der Waals surface area contributed by atoms with Crippen LogP contribution < -0.4 is 5.32 Å². The predicted molar refractivity (Wildman–Crippen MR) is 73.0 cm³/mol. The average molecular weight is 235 g/mol. The van der Waals surface area contributed by atoms with Crippen molar-refractivity contribution in [3.63, 3.8) is 0 Å². The number of piperidine rings is 1. The van der Waals surface area contributed by atoms with E-state index in [1.54, 1.807) is 0 Å². The van der Waals surface area contributed by atoms with E-state index in [4.69, 9.17) is 0 Å². The van der Waals surface area contributed by atoms with Gasteiger partial charge in [-0.2, -0.15) is 11.8 Å². The molecule has 0 aliphatic carbocycles. The van der Waals surface area contributed by atoms with Crippen LogP contribution in [0.15, 0.2) is 24.3 Å². The molecule has 88 valence electrons. The molecule has 1 aliphatic rings. The van der Waals surface area contributed by atoms with Gasteiger partial charge in [0.05, 0.1) is 0 Å². The number of rotatable bonds is 4. The van der Waals surface area contributed by atoms with E-state index < -0.39 is 0 Å². The maximum Gasteiger partial charge on any atom is 0.0185 e. The summed E-state index contributed by atoms with van der Waals surface area (Å²) in [6.07, 6.45) is 4.13. The van der Waals surface area contributed by atoms with Crippen molar-refractivity contribution in [3.05, 3.63) is 35.4 Å². The van der Waals surface area contributed by atoms with Crippen LogP contribution in [0.3, 0.4) is 0 Å². The van der Waals surface area contributed by atoms with E-state index in [2.05, 4.69) is 48.3 Å². The summed E-state index contributed by atoms with van der Waals surface area (Å²) in [5, 5.41) is 3.60. The highest BCUT2D eigenvalue weighted by molar-refractivity contribution is 7.98. The van der Waals surface area contributed by atoms with E-state index in [-0.39, 0.29) is 0 Å². The molecule has 0 aromatic heterocycles. The van der Waals surface area contributed by atoms with E-state index >= 15 is 0 Å². The van der Waals surface area contributed by atoms with Crippen molar-refractivity contribution < 1.29 is 0 Å². The predicted octanol–water partition coefficient (Wildman–Crippen LogP) is 3.37. The molecule has 0 saturated carbocycles. The van der Waals surface area contributed by atoms with E-state index in [0.29, 0.717) is 0 Å². The number of hydrogen-bond donors (Lipinski definition) is 1. The van der Waals surface area contributed by atoms with Crippen LogP contribution in [0.4, 0.5) is 0 Å². The van der Waals surface area contributed by atoms with Crippen LogP contribution in [0.2, 0.25) is 0 Å². The number of hydrogen-bond acceptors (Lipinski definition) is 2. The van der Waals surface area contributed by atoms with Crippen LogP contribution in [0.1, 0.15) is 30.4 Å². The van der Waals surface area contributed by atoms with Crippen LogP contribution >= 0.6 is 11.8 Å². The molecule has 16 heavy (non-hydrogen) atoms. The molecule has 1 fully saturated rings. The second-order valence-corrected chi connectivity index (χ2v) is 5.68. The highest BCUT2D eigenvalue weighted by Gasteiger charge is 2.11. The highest BCUT2D eigenvalue weighted by Crippen LogP contribution is 2.17. The van der Waals surface area contributed by atoms with Crippen molar-refractivity contribution in [3.8, 4) is 0 Å². The van der Waals surface area contributed by atoms with Crippen LogP contribution in [-0.4, -0.2) is 18.3 Å². The third-order valence-electron chi connectivity index (χ3n) is 3.08. The zero-order chi connectivity index (χ0) is 11.2. The second-order valence-electron chi connectivity index (χ2n) is 4.65. The van der Waals surface area contributed by atoms with Crippen LogP contribution in [-0.2, 0) is 5.75 Å². The van der Waals surface area contributed by atoms with E-state index in [9.17, 15) is 0 Å². The van der Waals surface area contributed by atoms with Gasteiger partial charge in [0.1, 0.15) is 0 Å². The van der Waals surface area contributed by atoms with Crippen molar-refractivity contribution in [2.45, 2.75) is 38.0 Å². The van der Waals surface area contributed by atoms with Gasteiger partial charge in [0.2, 0.25) is 0 Å². The Labute approximate surface area is 103 Å². The second kappa shape index (κ2) is 6.31. The van der Waals surface area contributed by atoms with Gasteiger partial charge in [-0.1, -0.05) is 36.2 Å². The Kier molecular flexibility index (Phi) is 4.73. The smallest absolute Gasteiger partial charge is 0.0185 e. The summed E-state index contributed by atoms with van der Waals surface area (Å²) in [7, 11) is 0. The van der Waals surface area contributed by atoms with Gasteiger partial charge < -0.3 is 5.32 Å². The van der Waals surface area contributed by atoms with E-state index in [1.165, 1.54) is 42.7 Å². The molecule has 0 spiro atoms. The van der Waals surface area contributed by atoms with Crippen molar-refractivity contribution in [2.75, 3.05) is 12.3 Å². The molecular formula is C14H21NS. The Morgan fingerprint density at radius 2 is 2.31 bits per heavy atom. The number of aryl methyl sites for hydroxylation is 1. The van der Waals surface area contributed by atoms with Crippen molar-refractivity contribution in [1.29, 1.82) is 0 Å². The first-order valence-corrected chi connectivity index (χ1v) is 7.37. The first kappa shape index (κ1) is 12.0. The third-order valence-corrected chi connectivity index (χ3v) is 4.26. The monoisotopic (exact) mass is 235 g/mol. The fourth-order valence-corrected chi connectivity index (χ4v) is 3.29. The SMILES string of the molecule is Cc1cccc(CSCC2CCCCN2)c1. The summed E-state index contributed by atoms with van der Waals surface area (Å²) < 4.78 is 0. The summed E-state index contributed by atoms with van der Waals surface area (Å²) in [5.74, 6) is 2.41. The Morgan fingerprint density at radius 3 is 3.06 bits per heavy atom. The van der Waals surface area contributed by atoms with Gasteiger partial charge in [-0.05, 0) is 31.9 Å². The number of benzene rings is 1. The first-order valence-electron chi connectivity index (χ1n) is 6.21. The standard InChI is InChI=1S/C14H21NS/c1-12-5-4-6-13(9-12)10-16-11-14-7-2-3-8-15-14/h4-6,9,14-15H,2-3,7-8,10-11H2,1H3. The van der Waals surface area contributed by atoms with Crippen LogP contribution in [0, 0.1) is 6.92 Å². The Hall–Kier alpha value is -0.470. The molecule has 1 saturated heterocycles. The van der Waals surface area contributed by atoms with Gasteiger partial charge in [0, 0.05) is 17.5 Å². The lowest BCUT2D eigenvalue weighted by Gasteiger charge is -2.22. The molecule has 2 heteroatoms. The first-order chi connectivity index (χ1) is 7.84. The van der Waals surface area contributed by atoms with Crippen LogP contribution in [0.5, 0.6) is 0 Å². The molecule has 2 rings (SSSR count). The molecule has 1 aromatic rings. The third kappa shape index (κ3) is 3.84. The van der Waals surface area contributed by atoms with Gasteiger partial charge in [-0.3, -0.25) is 0 Å². The average Bonchev–Trinajstić information content (AvgIpc) is 2.30. The zero-order valence-corrected chi connectivity index (χ0v) is 10.9. The largest absolute Gasteiger partial charge is 0.313 e. The maximum absolute atomic E-state index is 3.60. The summed E-state index contributed by atoms with van der Waals surface area (Å²) in [6, 6.07) is 9.60. The summed E-state index contributed by atoms with van der Waals surface area (Å²) in [6.45, 7) is 3.38. The summed E-state index contributed by atoms with van der Waals surface area (Å²) in [5.41, 5.74) is 2.83. The molecule has 1 aromatic carbocycles. The minimum absolute atomic E-state index is 0.753. The molecule has 1 N–H and O–H groups in total. The summed E-state index contributed by atoms with van der Waals surface area (Å²) >= 11 is 2.06. The molecule has 0 radical (unpaired) electrons. The lowest BCUT2D eigenvalue weighted by Crippen LogP contribution is -2.35. The Balaban J connectivity index is 1.71. The quantitative estimate of drug-likeness (QED) is 0.858. The molecule has 1 heterocycles. The van der Waals surface area contributed by atoms with Gasteiger partial charge >= 0.3 is 0 Å². The van der Waals surface area contributed by atoms with Gasteiger partial charge in [-0.25, -0.2) is 0 Å². The molecule has 1 aliphatic heterocycles. The molecule has 1 atom stereocenters. The topological polar surface area (TPSA) is 12.0 Å². The van der Waals surface area contributed by atoms with Gasteiger partial charge in [-0.15, -0.1) is 0 Å². The van der Waals surface area contributed by atoms with E-state index in [1.807, 2.05) is 0 Å². The Bertz CT molecular complexity index is 318. The minimum Gasteiger partial charge on any atom is -0.313 e. The number of thioether (sulfide) groups is 1. The van der Waals surface area contributed by atoms with Crippen LogP contribution in [0.25, 0.3) is 0 Å². The normalized spacial score (nSPS) is 20.9. The Morgan fingerprint density at radius 1 is 1.38 bits per heavy atom. The summed E-state index contributed by atoms with van der Waals surface area (Å²) in [4.78, 5) is 0.